The molecule has 3 aromatic carbocycles. The van der Waals surface area contributed by atoms with E-state index >= 15 is 0 Å². The quantitative estimate of drug-likeness (QED) is 0.724. The van der Waals surface area contributed by atoms with Gasteiger partial charge in [0.1, 0.15) is 23.4 Å². The van der Waals surface area contributed by atoms with Crippen molar-refractivity contribution >= 4 is 10.0 Å². The molecule has 0 bridgehead atoms. The number of rotatable bonds is 4. The number of sulfonamides is 1. The summed E-state index contributed by atoms with van der Waals surface area (Å²) in [5.41, 5.74) is 3.50. The van der Waals surface area contributed by atoms with Crippen molar-refractivity contribution < 1.29 is 22.3 Å². The average Bonchev–Trinajstić information content (AvgIpc) is 2.65. The predicted molar refractivity (Wildman–Crippen MR) is 104 cm³/mol. The monoisotopic (exact) mass is 399 g/mol. The highest BCUT2D eigenvalue weighted by Crippen LogP contribution is 2.49. The van der Waals surface area contributed by atoms with E-state index in [0.29, 0.717) is 22.6 Å². The molecule has 1 aliphatic rings. The third-order valence-electron chi connectivity index (χ3n) is 4.64. The van der Waals surface area contributed by atoms with Crippen LogP contribution in [0.25, 0.3) is 11.1 Å². The second-order valence-electron chi connectivity index (χ2n) is 6.62. The summed E-state index contributed by atoms with van der Waals surface area (Å²) in [6.45, 7) is 0. The maximum atomic E-state index is 13.8. The molecule has 0 fully saturated rings. The van der Waals surface area contributed by atoms with Crippen molar-refractivity contribution in [2.24, 2.45) is 5.14 Å². The fraction of sp³-hybridized carbons (Fsp3) is 0.143. The van der Waals surface area contributed by atoms with E-state index in [1.54, 1.807) is 31.4 Å². The van der Waals surface area contributed by atoms with Crippen molar-refractivity contribution in [1.29, 1.82) is 0 Å². The minimum Gasteiger partial charge on any atom is -0.496 e. The lowest BCUT2D eigenvalue weighted by atomic mass is 9.88. The normalized spacial score (nSPS) is 15.3. The van der Waals surface area contributed by atoms with Gasteiger partial charge >= 0.3 is 0 Å². The van der Waals surface area contributed by atoms with Gasteiger partial charge in [-0.15, -0.1) is 0 Å². The van der Waals surface area contributed by atoms with Crippen LogP contribution in [0.2, 0.25) is 0 Å². The Hall–Kier alpha value is -2.90. The van der Waals surface area contributed by atoms with Crippen LogP contribution in [-0.2, 0) is 15.8 Å². The van der Waals surface area contributed by atoms with Crippen molar-refractivity contribution in [2.45, 2.75) is 11.9 Å². The molecule has 0 saturated heterocycles. The fourth-order valence-electron chi connectivity index (χ4n) is 3.53. The van der Waals surface area contributed by atoms with Crippen molar-refractivity contribution in [3.05, 3.63) is 83.2 Å². The lowest BCUT2D eigenvalue weighted by Crippen LogP contribution is -2.18. The zero-order chi connectivity index (χ0) is 19.9. The maximum absolute atomic E-state index is 13.8. The highest BCUT2D eigenvalue weighted by atomic mass is 32.2. The van der Waals surface area contributed by atoms with Crippen LogP contribution < -0.4 is 14.6 Å². The van der Waals surface area contributed by atoms with Crippen LogP contribution in [-0.4, -0.2) is 15.5 Å². The van der Waals surface area contributed by atoms with Crippen molar-refractivity contribution in [2.75, 3.05) is 7.11 Å². The van der Waals surface area contributed by atoms with Gasteiger partial charge in [0.15, 0.2) is 0 Å². The Balaban J connectivity index is 1.93. The molecule has 1 atom stereocenters. The fourth-order valence-corrected chi connectivity index (χ4v) is 4.18. The molecule has 0 saturated carbocycles. The topological polar surface area (TPSA) is 78.6 Å². The Kier molecular flexibility index (Phi) is 4.56. The molecule has 0 aromatic heterocycles. The molecular weight excluding hydrogens is 381 g/mol. The van der Waals surface area contributed by atoms with E-state index in [-0.39, 0.29) is 11.6 Å². The van der Waals surface area contributed by atoms with E-state index < -0.39 is 16.1 Å². The zero-order valence-electron chi connectivity index (χ0n) is 15.1. The van der Waals surface area contributed by atoms with E-state index in [9.17, 15) is 12.8 Å². The Bertz CT molecular complexity index is 1160. The van der Waals surface area contributed by atoms with E-state index in [0.717, 1.165) is 16.7 Å². The minimum atomic E-state index is -3.69. The summed E-state index contributed by atoms with van der Waals surface area (Å²) in [5.74, 6) is 0.574. The maximum Gasteiger partial charge on any atom is 0.213 e. The number of primary sulfonamides is 1. The van der Waals surface area contributed by atoms with E-state index in [4.69, 9.17) is 14.6 Å². The minimum absolute atomic E-state index is 0.297. The summed E-state index contributed by atoms with van der Waals surface area (Å²) in [6, 6.07) is 16.9. The molecule has 144 valence electrons. The number of ether oxygens (including phenoxy) is 2. The molecule has 1 unspecified atom stereocenters. The summed E-state index contributed by atoms with van der Waals surface area (Å²) in [5, 5.41) is 5.20. The Morgan fingerprint density at radius 2 is 1.89 bits per heavy atom. The second-order valence-corrected chi connectivity index (χ2v) is 8.23. The number of benzene rings is 3. The van der Waals surface area contributed by atoms with Gasteiger partial charge < -0.3 is 9.47 Å². The van der Waals surface area contributed by atoms with Crippen LogP contribution in [0.3, 0.4) is 0 Å². The van der Waals surface area contributed by atoms with E-state index in [2.05, 4.69) is 0 Å². The SMILES string of the molecule is COc1cccc2c1-c1ccc(CS(N)(=O)=O)cc1C(c1cccc(F)c1)O2. The molecule has 0 spiro atoms. The van der Waals surface area contributed by atoms with Crippen LogP contribution >= 0.6 is 0 Å². The van der Waals surface area contributed by atoms with Gasteiger partial charge in [0.25, 0.3) is 0 Å². The van der Waals surface area contributed by atoms with Gasteiger partial charge in [-0.05, 0) is 41.0 Å². The molecule has 2 N–H and O–H groups in total. The van der Waals surface area contributed by atoms with E-state index in [1.807, 2.05) is 24.3 Å². The van der Waals surface area contributed by atoms with Gasteiger partial charge in [-0.2, -0.15) is 0 Å². The highest BCUT2D eigenvalue weighted by Gasteiger charge is 2.30. The number of fused-ring (bicyclic) bond motifs is 3. The predicted octanol–water partition coefficient (Wildman–Crippen LogP) is 3.77. The molecular formula is C21H18FNO4S. The number of hydrogen-bond acceptors (Lipinski definition) is 4. The molecule has 0 amide bonds. The van der Waals surface area contributed by atoms with Gasteiger partial charge in [-0.1, -0.05) is 36.4 Å². The molecule has 5 nitrogen and oxygen atoms in total. The number of nitrogens with two attached hydrogens (primary N) is 1. The Labute approximate surface area is 162 Å². The third kappa shape index (κ3) is 3.46. The van der Waals surface area contributed by atoms with Gasteiger partial charge in [0.05, 0.1) is 18.4 Å². The first kappa shape index (κ1) is 18.5. The summed E-state index contributed by atoms with van der Waals surface area (Å²) < 4.78 is 48.6. The van der Waals surface area contributed by atoms with E-state index in [1.165, 1.54) is 12.1 Å². The van der Waals surface area contributed by atoms with Gasteiger partial charge in [-0.3, -0.25) is 0 Å². The zero-order valence-corrected chi connectivity index (χ0v) is 15.9. The largest absolute Gasteiger partial charge is 0.496 e. The molecule has 3 aromatic rings. The van der Waals surface area contributed by atoms with Crippen molar-refractivity contribution in [1.82, 2.24) is 0 Å². The van der Waals surface area contributed by atoms with Gasteiger partial charge in [0, 0.05) is 5.56 Å². The molecule has 1 aliphatic heterocycles. The molecule has 4 rings (SSSR count). The molecule has 0 radical (unpaired) electrons. The Morgan fingerprint density at radius 3 is 2.61 bits per heavy atom. The number of methoxy groups -OCH3 is 1. The molecule has 7 heteroatoms. The van der Waals surface area contributed by atoms with Crippen LogP contribution in [0.5, 0.6) is 11.5 Å². The Morgan fingerprint density at radius 1 is 1.11 bits per heavy atom. The van der Waals surface area contributed by atoms with Crippen LogP contribution in [0.15, 0.2) is 60.7 Å². The molecule has 1 heterocycles. The second kappa shape index (κ2) is 6.92. The van der Waals surface area contributed by atoms with Crippen LogP contribution in [0.4, 0.5) is 4.39 Å². The first-order chi connectivity index (χ1) is 13.4. The van der Waals surface area contributed by atoms with Gasteiger partial charge in [0.2, 0.25) is 10.0 Å². The van der Waals surface area contributed by atoms with Gasteiger partial charge in [-0.25, -0.2) is 17.9 Å². The molecule has 0 aliphatic carbocycles. The number of halogens is 1. The van der Waals surface area contributed by atoms with Crippen LogP contribution in [0.1, 0.15) is 22.8 Å². The number of hydrogen-bond donors (Lipinski definition) is 1. The van der Waals surface area contributed by atoms with Crippen molar-refractivity contribution in [3.8, 4) is 22.6 Å². The molecule has 28 heavy (non-hydrogen) atoms. The lowest BCUT2D eigenvalue weighted by molar-refractivity contribution is 0.241. The summed E-state index contributed by atoms with van der Waals surface area (Å²) in [4.78, 5) is 0. The average molecular weight is 399 g/mol. The standard InChI is InChI=1S/C21H18FNO4S/c1-26-18-6-3-7-19-20(18)16-9-8-13(12-28(23,24)25)10-17(16)21(27-19)14-4-2-5-15(22)11-14/h2-11,21H,12H2,1H3,(H2,23,24,25). The first-order valence-corrected chi connectivity index (χ1v) is 10.3. The summed E-state index contributed by atoms with van der Waals surface area (Å²) in [6.07, 6.45) is -0.592. The summed E-state index contributed by atoms with van der Waals surface area (Å²) in [7, 11) is -2.12. The smallest absolute Gasteiger partial charge is 0.213 e. The summed E-state index contributed by atoms with van der Waals surface area (Å²) >= 11 is 0. The first-order valence-electron chi connectivity index (χ1n) is 8.58. The lowest BCUT2D eigenvalue weighted by Gasteiger charge is -2.30. The van der Waals surface area contributed by atoms with Crippen molar-refractivity contribution in [3.63, 3.8) is 0 Å². The highest BCUT2D eigenvalue weighted by molar-refractivity contribution is 7.88. The third-order valence-corrected chi connectivity index (χ3v) is 5.38. The van der Waals surface area contributed by atoms with Crippen LogP contribution in [0, 0.1) is 5.82 Å².